The normalized spacial score (nSPS) is 17.6. The molecule has 4 rings (SSSR count). The Labute approximate surface area is 166 Å². The SMILES string of the molecule is COc1ccc(Nc2nc3c(c(=O)[nH]2)[C@H](c2ccccc2)[C@@H](C#N)C(=O)N3)cc1. The fraction of sp³-hybridized carbons (Fsp3) is 0.143. The van der Waals surface area contributed by atoms with Crippen LogP contribution in [0.4, 0.5) is 17.5 Å². The standard InChI is InChI=1S/C21H17N5O3/c1-29-14-9-7-13(8-10-14)23-21-25-18-17(20(28)26-21)16(12-5-3-2-4-6-12)15(11-22)19(27)24-18/h2-10,15-16H,1H3,(H3,23,24,25,26,27,28)/t15-,16-/m1/s1. The highest BCUT2D eigenvalue weighted by molar-refractivity contribution is 5.98. The van der Waals surface area contributed by atoms with Crippen molar-refractivity contribution >= 4 is 23.4 Å². The molecule has 1 amide bonds. The Kier molecular flexibility index (Phi) is 4.71. The topological polar surface area (TPSA) is 120 Å². The van der Waals surface area contributed by atoms with Crippen LogP contribution in [0, 0.1) is 17.2 Å². The van der Waals surface area contributed by atoms with Crippen LogP contribution in [-0.4, -0.2) is 23.0 Å². The number of benzene rings is 2. The molecule has 8 nitrogen and oxygen atoms in total. The van der Waals surface area contributed by atoms with Gasteiger partial charge in [0.2, 0.25) is 11.9 Å². The van der Waals surface area contributed by atoms with Crippen LogP contribution < -0.4 is 20.9 Å². The van der Waals surface area contributed by atoms with Gasteiger partial charge in [0, 0.05) is 11.6 Å². The van der Waals surface area contributed by atoms with Crippen LogP contribution in [0.1, 0.15) is 17.0 Å². The van der Waals surface area contributed by atoms with Gasteiger partial charge in [-0.1, -0.05) is 30.3 Å². The van der Waals surface area contributed by atoms with Crippen molar-refractivity contribution in [1.29, 1.82) is 5.26 Å². The van der Waals surface area contributed by atoms with E-state index in [1.807, 2.05) is 12.1 Å². The zero-order valence-corrected chi connectivity index (χ0v) is 15.5. The van der Waals surface area contributed by atoms with E-state index >= 15 is 0 Å². The molecule has 3 aromatic rings. The lowest BCUT2D eigenvalue weighted by Crippen LogP contribution is -2.38. The number of nitriles is 1. The lowest BCUT2D eigenvalue weighted by molar-refractivity contribution is -0.119. The number of hydrogen-bond acceptors (Lipinski definition) is 6. The molecular formula is C21H17N5O3. The molecule has 2 atom stereocenters. The van der Waals surface area contributed by atoms with Gasteiger partial charge in [0.15, 0.2) is 0 Å². The minimum absolute atomic E-state index is 0.148. The van der Waals surface area contributed by atoms with E-state index in [0.717, 1.165) is 0 Å². The molecule has 0 unspecified atom stereocenters. The number of H-pyrrole nitrogens is 1. The van der Waals surface area contributed by atoms with Crippen molar-refractivity contribution in [2.24, 2.45) is 5.92 Å². The number of carbonyl (C=O) groups is 1. The molecule has 0 radical (unpaired) electrons. The summed E-state index contributed by atoms with van der Waals surface area (Å²) in [6.45, 7) is 0. The molecule has 1 aliphatic heterocycles. The Bertz CT molecular complexity index is 1150. The van der Waals surface area contributed by atoms with Crippen LogP contribution in [0.5, 0.6) is 5.75 Å². The Morgan fingerprint density at radius 1 is 1.10 bits per heavy atom. The molecule has 0 saturated carbocycles. The highest BCUT2D eigenvalue weighted by atomic mass is 16.5. The number of fused-ring (bicyclic) bond motifs is 1. The summed E-state index contributed by atoms with van der Waals surface area (Å²) in [6, 6.07) is 18.1. The number of anilines is 3. The summed E-state index contributed by atoms with van der Waals surface area (Å²) in [7, 11) is 1.57. The minimum atomic E-state index is -1.02. The summed E-state index contributed by atoms with van der Waals surface area (Å²) < 4.78 is 5.12. The minimum Gasteiger partial charge on any atom is -0.497 e. The van der Waals surface area contributed by atoms with Gasteiger partial charge in [0.25, 0.3) is 5.56 Å². The third kappa shape index (κ3) is 3.41. The number of carbonyl (C=O) groups excluding carboxylic acids is 1. The average molecular weight is 387 g/mol. The van der Waals surface area contributed by atoms with Gasteiger partial charge in [-0.05, 0) is 29.8 Å². The second-order valence-electron chi connectivity index (χ2n) is 6.51. The Morgan fingerprint density at radius 3 is 2.48 bits per heavy atom. The quantitative estimate of drug-likeness (QED) is 0.633. The predicted molar refractivity (Wildman–Crippen MR) is 107 cm³/mol. The smallest absolute Gasteiger partial charge is 0.258 e. The summed E-state index contributed by atoms with van der Waals surface area (Å²) >= 11 is 0. The number of nitrogens with one attached hydrogen (secondary N) is 3. The number of nitrogens with zero attached hydrogens (tertiary/aromatic N) is 2. The maximum absolute atomic E-state index is 12.9. The summed E-state index contributed by atoms with van der Waals surface area (Å²) in [4.78, 5) is 32.5. The lowest BCUT2D eigenvalue weighted by atomic mass is 9.79. The summed E-state index contributed by atoms with van der Waals surface area (Å²) in [5.41, 5.74) is 1.24. The number of amides is 1. The van der Waals surface area contributed by atoms with Crippen LogP contribution in [0.25, 0.3) is 0 Å². The van der Waals surface area contributed by atoms with Gasteiger partial charge in [-0.2, -0.15) is 10.2 Å². The maximum atomic E-state index is 12.9. The van der Waals surface area contributed by atoms with Gasteiger partial charge >= 0.3 is 0 Å². The molecule has 29 heavy (non-hydrogen) atoms. The van der Waals surface area contributed by atoms with Crippen LogP contribution in [0.3, 0.4) is 0 Å². The molecule has 0 saturated heterocycles. The number of rotatable bonds is 4. The van der Waals surface area contributed by atoms with Crippen LogP contribution in [-0.2, 0) is 4.79 Å². The average Bonchev–Trinajstić information content (AvgIpc) is 2.74. The molecule has 0 spiro atoms. The van der Waals surface area contributed by atoms with Crippen molar-refractivity contribution in [3.8, 4) is 11.8 Å². The van der Waals surface area contributed by atoms with E-state index < -0.39 is 23.3 Å². The molecule has 3 N–H and O–H groups in total. The second kappa shape index (κ2) is 7.48. The third-order valence-corrected chi connectivity index (χ3v) is 4.77. The third-order valence-electron chi connectivity index (χ3n) is 4.77. The summed E-state index contributed by atoms with van der Waals surface area (Å²) in [6.07, 6.45) is 0. The molecule has 144 valence electrons. The van der Waals surface area contributed by atoms with Gasteiger partial charge in [-0.25, -0.2) is 0 Å². The van der Waals surface area contributed by atoms with E-state index in [9.17, 15) is 14.9 Å². The van der Waals surface area contributed by atoms with Crippen molar-refractivity contribution in [1.82, 2.24) is 9.97 Å². The second-order valence-corrected chi connectivity index (χ2v) is 6.51. The predicted octanol–water partition coefficient (Wildman–Crippen LogP) is 2.75. The van der Waals surface area contributed by atoms with Crippen molar-refractivity contribution in [2.45, 2.75) is 5.92 Å². The monoisotopic (exact) mass is 387 g/mol. The van der Waals surface area contributed by atoms with Crippen LogP contribution in [0.2, 0.25) is 0 Å². The van der Waals surface area contributed by atoms with E-state index in [1.165, 1.54) is 0 Å². The zero-order chi connectivity index (χ0) is 20.4. The van der Waals surface area contributed by atoms with E-state index in [-0.39, 0.29) is 17.3 Å². The summed E-state index contributed by atoms with van der Waals surface area (Å²) in [5, 5.41) is 15.1. The van der Waals surface area contributed by atoms with Gasteiger partial charge in [0.1, 0.15) is 17.5 Å². The van der Waals surface area contributed by atoms with Crippen molar-refractivity contribution in [2.75, 3.05) is 17.7 Å². The molecule has 0 fully saturated rings. The molecule has 2 heterocycles. The van der Waals surface area contributed by atoms with E-state index in [4.69, 9.17) is 4.74 Å². The largest absolute Gasteiger partial charge is 0.497 e. The molecule has 0 bridgehead atoms. The van der Waals surface area contributed by atoms with Gasteiger partial charge in [-0.3, -0.25) is 14.6 Å². The van der Waals surface area contributed by atoms with E-state index in [1.54, 1.807) is 55.6 Å². The fourth-order valence-electron chi connectivity index (χ4n) is 3.40. The highest BCUT2D eigenvalue weighted by Crippen LogP contribution is 2.37. The Hall–Kier alpha value is -4.12. The van der Waals surface area contributed by atoms with Crippen LogP contribution >= 0.6 is 0 Å². The van der Waals surface area contributed by atoms with Gasteiger partial charge in [0.05, 0.1) is 18.7 Å². The first-order chi connectivity index (χ1) is 14.1. The van der Waals surface area contributed by atoms with Crippen molar-refractivity contribution in [3.05, 3.63) is 76.1 Å². The molecule has 0 aliphatic carbocycles. The number of methoxy groups -OCH3 is 1. The molecule has 8 heteroatoms. The molecular weight excluding hydrogens is 370 g/mol. The van der Waals surface area contributed by atoms with Gasteiger partial charge < -0.3 is 15.4 Å². The summed E-state index contributed by atoms with van der Waals surface area (Å²) in [5.74, 6) is -1.17. The maximum Gasteiger partial charge on any atom is 0.258 e. The zero-order valence-electron chi connectivity index (χ0n) is 15.5. The molecule has 2 aromatic carbocycles. The van der Waals surface area contributed by atoms with E-state index in [0.29, 0.717) is 17.0 Å². The number of hydrogen-bond donors (Lipinski definition) is 3. The van der Waals surface area contributed by atoms with Crippen molar-refractivity contribution < 1.29 is 9.53 Å². The first-order valence-electron chi connectivity index (χ1n) is 8.91. The highest BCUT2D eigenvalue weighted by Gasteiger charge is 2.40. The fourth-order valence-corrected chi connectivity index (χ4v) is 3.40. The van der Waals surface area contributed by atoms with Gasteiger partial charge in [-0.15, -0.1) is 0 Å². The van der Waals surface area contributed by atoms with E-state index in [2.05, 4.69) is 20.6 Å². The van der Waals surface area contributed by atoms with Crippen LogP contribution in [0.15, 0.2) is 59.4 Å². The number of ether oxygens (including phenoxy) is 1. The van der Waals surface area contributed by atoms with Crippen molar-refractivity contribution in [3.63, 3.8) is 0 Å². The lowest BCUT2D eigenvalue weighted by Gasteiger charge is -2.28. The number of aromatic amines is 1. The Balaban J connectivity index is 1.76. The first kappa shape index (κ1) is 18.3. The Morgan fingerprint density at radius 2 is 1.83 bits per heavy atom. The molecule has 1 aromatic heterocycles. The number of aromatic nitrogens is 2. The molecule has 1 aliphatic rings. The first-order valence-corrected chi connectivity index (χ1v) is 8.91.